The van der Waals surface area contributed by atoms with E-state index in [1.54, 1.807) is 0 Å². The Kier molecular flexibility index (Phi) is 2.22. The van der Waals surface area contributed by atoms with E-state index in [4.69, 9.17) is 0 Å². The molecule has 0 spiro atoms. The van der Waals surface area contributed by atoms with Crippen molar-refractivity contribution in [2.45, 2.75) is 26.3 Å². The van der Waals surface area contributed by atoms with Crippen molar-refractivity contribution in [2.24, 2.45) is 0 Å². The van der Waals surface area contributed by atoms with Gasteiger partial charge in [0.05, 0.1) is 11.2 Å². The molecule has 0 amide bonds. The quantitative estimate of drug-likeness (QED) is 0.637. The molecule has 0 bridgehead atoms. The molecule has 0 N–H and O–H groups in total. The van der Waals surface area contributed by atoms with Gasteiger partial charge in [0.15, 0.2) is 0 Å². The van der Waals surface area contributed by atoms with Gasteiger partial charge in [0, 0.05) is 18.8 Å². The fourth-order valence-corrected chi connectivity index (χ4v) is 1.96. The van der Waals surface area contributed by atoms with Crippen LogP contribution in [-0.4, -0.2) is 17.6 Å². The van der Waals surface area contributed by atoms with Crippen molar-refractivity contribution in [1.82, 2.24) is 5.01 Å². The summed E-state index contributed by atoms with van der Waals surface area (Å²) in [5.41, 5.74) is 2.65. The molecule has 1 aliphatic heterocycles. The third-order valence-electron chi connectivity index (χ3n) is 2.69. The van der Waals surface area contributed by atoms with Gasteiger partial charge in [-0.1, -0.05) is 18.2 Å². The first-order valence-electron chi connectivity index (χ1n) is 5.30. The van der Waals surface area contributed by atoms with Crippen LogP contribution in [0.1, 0.15) is 26.3 Å². The molecule has 0 unspecified atom stereocenters. The first-order valence-corrected chi connectivity index (χ1v) is 5.30. The van der Waals surface area contributed by atoms with Crippen LogP contribution in [-0.2, 0) is 0 Å². The Morgan fingerprint density at radius 1 is 1.07 bits per heavy atom. The van der Waals surface area contributed by atoms with Crippen molar-refractivity contribution >= 4 is 11.8 Å². The number of anilines is 1. The van der Waals surface area contributed by atoms with E-state index in [0.29, 0.717) is 0 Å². The summed E-state index contributed by atoms with van der Waals surface area (Å²) in [4.78, 5) is 0. The minimum absolute atomic E-state index is 0.110. The van der Waals surface area contributed by atoms with Crippen LogP contribution in [0.4, 0.5) is 5.69 Å². The highest BCUT2D eigenvalue weighted by molar-refractivity contribution is 5.69. The standard InChI is InChI=1S/C13H18N2/c1-13(2,3)15-10-9-11-7-5-6-8-12(11)14(15)4/h5-10H,1-4H3. The smallest absolute Gasteiger partial charge is 0.0643 e. The summed E-state index contributed by atoms with van der Waals surface area (Å²) >= 11 is 0. The Hall–Kier alpha value is -1.44. The molecule has 2 rings (SSSR count). The van der Waals surface area contributed by atoms with Crippen molar-refractivity contribution in [3.63, 3.8) is 0 Å². The molecule has 80 valence electrons. The monoisotopic (exact) mass is 202 g/mol. The highest BCUT2D eigenvalue weighted by atomic mass is 15.6. The topological polar surface area (TPSA) is 6.48 Å². The Balaban J connectivity index is 2.42. The van der Waals surface area contributed by atoms with Crippen LogP contribution in [0.15, 0.2) is 30.5 Å². The lowest BCUT2D eigenvalue weighted by Crippen LogP contribution is -2.49. The number of hydrogen-bond acceptors (Lipinski definition) is 2. The number of hydrazine groups is 1. The van der Waals surface area contributed by atoms with E-state index in [1.165, 1.54) is 11.3 Å². The molecule has 1 heterocycles. The van der Waals surface area contributed by atoms with Gasteiger partial charge in [-0.15, -0.1) is 0 Å². The molecule has 0 saturated heterocycles. The molecule has 0 atom stereocenters. The number of fused-ring (bicyclic) bond motifs is 1. The summed E-state index contributed by atoms with van der Waals surface area (Å²) in [7, 11) is 2.10. The number of benzene rings is 1. The lowest BCUT2D eigenvalue weighted by molar-refractivity contribution is 0.197. The molecule has 2 nitrogen and oxygen atoms in total. The summed E-state index contributed by atoms with van der Waals surface area (Å²) in [6.45, 7) is 6.63. The molecule has 15 heavy (non-hydrogen) atoms. The van der Waals surface area contributed by atoms with Crippen molar-refractivity contribution in [1.29, 1.82) is 0 Å². The van der Waals surface area contributed by atoms with E-state index >= 15 is 0 Å². The molecule has 0 aliphatic carbocycles. The third-order valence-corrected chi connectivity index (χ3v) is 2.69. The second kappa shape index (κ2) is 3.30. The Bertz CT molecular complexity index is 388. The normalized spacial score (nSPS) is 15.5. The largest absolute Gasteiger partial charge is 0.288 e. The van der Waals surface area contributed by atoms with Gasteiger partial charge in [-0.3, -0.25) is 10.0 Å². The molecule has 0 aromatic heterocycles. The predicted octanol–water partition coefficient (Wildman–Crippen LogP) is 3.12. The van der Waals surface area contributed by atoms with Crippen LogP contribution in [0.3, 0.4) is 0 Å². The van der Waals surface area contributed by atoms with Gasteiger partial charge in [0.2, 0.25) is 0 Å². The van der Waals surface area contributed by atoms with Gasteiger partial charge >= 0.3 is 0 Å². The van der Waals surface area contributed by atoms with Crippen LogP contribution in [0, 0.1) is 0 Å². The summed E-state index contributed by atoms with van der Waals surface area (Å²) in [6, 6.07) is 8.44. The molecule has 1 aromatic carbocycles. The summed E-state index contributed by atoms with van der Waals surface area (Å²) in [5.74, 6) is 0. The molecule has 0 fully saturated rings. The molecular formula is C13H18N2. The second-order valence-electron chi connectivity index (χ2n) is 4.91. The summed E-state index contributed by atoms with van der Waals surface area (Å²) in [5, 5.41) is 4.45. The zero-order valence-corrected chi connectivity index (χ0v) is 9.86. The van der Waals surface area contributed by atoms with Crippen LogP contribution in [0.2, 0.25) is 0 Å². The van der Waals surface area contributed by atoms with Crippen molar-refractivity contribution in [3.05, 3.63) is 36.0 Å². The first kappa shape index (κ1) is 10.1. The highest BCUT2D eigenvalue weighted by Gasteiger charge is 2.25. The van der Waals surface area contributed by atoms with Gasteiger partial charge in [-0.25, -0.2) is 0 Å². The minimum Gasteiger partial charge on any atom is -0.288 e. The predicted molar refractivity (Wildman–Crippen MR) is 65.5 cm³/mol. The van der Waals surface area contributed by atoms with E-state index in [2.05, 4.69) is 74.4 Å². The molecule has 0 saturated carbocycles. The van der Waals surface area contributed by atoms with Crippen molar-refractivity contribution in [3.8, 4) is 0 Å². The summed E-state index contributed by atoms with van der Waals surface area (Å²) in [6.07, 6.45) is 4.31. The van der Waals surface area contributed by atoms with E-state index in [9.17, 15) is 0 Å². The second-order valence-corrected chi connectivity index (χ2v) is 4.91. The van der Waals surface area contributed by atoms with Gasteiger partial charge in [0.1, 0.15) is 0 Å². The third kappa shape index (κ3) is 1.72. The van der Waals surface area contributed by atoms with Crippen LogP contribution >= 0.6 is 0 Å². The minimum atomic E-state index is 0.110. The van der Waals surface area contributed by atoms with E-state index in [0.717, 1.165) is 0 Å². The number of rotatable bonds is 0. The number of hydrogen-bond donors (Lipinski definition) is 0. The fraction of sp³-hybridized carbons (Fsp3) is 0.385. The average Bonchev–Trinajstić information content (AvgIpc) is 2.16. The highest BCUT2D eigenvalue weighted by Crippen LogP contribution is 2.30. The Morgan fingerprint density at radius 2 is 1.73 bits per heavy atom. The molecule has 1 aromatic rings. The summed E-state index contributed by atoms with van der Waals surface area (Å²) < 4.78 is 0. The lowest BCUT2D eigenvalue weighted by Gasteiger charge is -2.44. The molecular weight excluding hydrogens is 184 g/mol. The zero-order valence-electron chi connectivity index (χ0n) is 9.86. The van der Waals surface area contributed by atoms with Crippen LogP contribution in [0.5, 0.6) is 0 Å². The van der Waals surface area contributed by atoms with Crippen LogP contribution < -0.4 is 5.01 Å². The number of para-hydroxylation sites is 1. The maximum absolute atomic E-state index is 2.25. The van der Waals surface area contributed by atoms with Gasteiger partial charge in [-0.2, -0.15) is 0 Å². The van der Waals surface area contributed by atoms with E-state index < -0.39 is 0 Å². The first-order chi connectivity index (χ1) is 7.00. The van der Waals surface area contributed by atoms with Crippen LogP contribution in [0.25, 0.3) is 6.08 Å². The molecule has 1 aliphatic rings. The average molecular weight is 202 g/mol. The molecule has 2 heteroatoms. The zero-order chi connectivity index (χ0) is 11.1. The Labute approximate surface area is 91.8 Å². The van der Waals surface area contributed by atoms with Crippen molar-refractivity contribution in [2.75, 3.05) is 12.1 Å². The van der Waals surface area contributed by atoms with Gasteiger partial charge < -0.3 is 0 Å². The van der Waals surface area contributed by atoms with Gasteiger partial charge in [-0.05, 0) is 32.9 Å². The fourth-order valence-electron chi connectivity index (χ4n) is 1.96. The van der Waals surface area contributed by atoms with Gasteiger partial charge in [0.25, 0.3) is 0 Å². The van der Waals surface area contributed by atoms with Crippen molar-refractivity contribution < 1.29 is 0 Å². The Morgan fingerprint density at radius 3 is 2.40 bits per heavy atom. The number of nitrogens with zero attached hydrogens (tertiary/aromatic N) is 2. The lowest BCUT2D eigenvalue weighted by atomic mass is 10.1. The SMILES string of the molecule is CN1c2ccccc2C=CN1C(C)(C)C. The van der Waals surface area contributed by atoms with E-state index in [-0.39, 0.29) is 5.54 Å². The molecule has 0 radical (unpaired) electrons. The maximum Gasteiger partial charge on any atom is 0.0643 e. The van der Waals surface area contributed by atoms with E-state index in [1.807, 2.05) is 0 Å². The maximum atomic E-state index is 2.25.